The average molecular weight is 931 g/mol. The minimum atomic E-state index is -4.89. The maximum atomic E-state index is 12.8. The van der Waals surface area contributed by atoms with Crippen molar-refractivity contribution in [2.75, 3.05) is 26.4 Å². The zero-order valence-electron chi connectivity index (χ0n) is 37.8. The number of carbonyl (C=O) groups is 2. The standard InChI is InChI=1S/C44H84O16P2/c1-3-5-7-8-9-10-11-12-13-14-15-16-17-18-23-27-43(49)56-34-38(35-59-62(54,55)58-33-37(46)32-57-61(51,52)53)60-44(50)28-24-20-19-22-26-39-40(42(48)31-41(39)47)30-29-36(45)25-21-6-4-2/h29-30,36-42,45-48H,3-28,31-35H2,1-2H3,(H,54,55)(H2,51,52,53)/b30-29+/t36-,37-,38+,39+,40+,41-,42+/m0/s1. The van der Waals surface area contributed by atoms with Crippen molar-refractivity contribution >= 4 is 27.6 Å². The molecule has 0 amide bonds. The van der Waals surface area contributed by atoms with Gasteiger partial charge in [-0.3, -0.25) is 23.2 Å². The van der Waals surface area contributed by atoms with Crippen molar-refractivity contribution in [2.45, 2.75) is 218 Å². The van der Waals surface area contributed by atoms with E-state index in [1.54, 1.807) is 6.08 Å². The molecule has 1 rings (SSSR count). The molecule has 18 heteroatoms. The lowest BCUT2D eigenvalue weighted by Crippen LogP contribution is -2.30. The summed E-state index contributed by atoms with van der Waals surface area (Å²) in [6, 6.07) is 0. The monoisotopic (exact) mass is 931 g/mol. The van der Waals surface area contributed by atoms with E-state index >= 15 is 0 Å². The van der Waals surface area contributed by atoms with Gasteiger partial charge in [0, 0.05) is 25.2 Å². The molecule has 1 aliphatic rings. The lowest BCUT2D eigenvalue weighted by Gasteiger charge is -2.21. The third kappa shape index (κ3) is 32.4. The van der Waals surface area contributed by atoms with Crippen LogP contribution >= 0.6 is 15.6 Å². The lowest BCUT2D eigenvalue weighted by atomic mass is 9.88. The maximum Gasteiger partial charge on any atom is 0.472 e. The summed E-state index contributed by atoms with van der Waals surface area (Å²) in [4.78, 5) is 53.0. The molecular weight excluding hydrogens is 846 g/mol. The number of ether oxygens (including phenoxy) is 2. The van der Waals surface area contributed by atoms with Crippen LogP contribution in [0.4, 0.5) is 0 Å². The van der Waals surface area contributed by atoms with Gasteiger partial charge in [-0.15, -0.1) is 0 Å². The van der Waals surface area contributed by atoms with Crippen molar-refractivity contribution in [1.29, 1.82) is 0 Å². The van der Waals surface area contributed by atoms with Crippen LogP contribution in [-0.2, 0) is 41.8 Å². The number of unbranched alkanes of at least 4 members (excludes halogenated alkanes) is 19. The number of aliphatic hydroxyl groups excluding tert-OH is 4. The zero-order chi connectivity index (χ0) is 46.1. The van der Waals surface area contributed by atoms with E-state index in [1.807, 2.05) is 6.08 Å². The molecule has 0 aromatic carbocycles. The summed E-state index contributed by atoms with van der Waals surface area (Å²) >= 11 is 0. The van der Waals surface area contributed by atoms with Gasteiger partial charge in [-0.2, -0.15) is 0 Å². The largest absolute Gasteiger partial charge is 0.472 e. The van der Waals surface area contributed by atoms with Gasteiger partial charge < -0.3 is 44.6 Å². The third-order valence-corrected chi connectivity index (χ3v) is 12.7. The summed E-state index contributed by atoms with van der Waals surface area (Å²) in [5.74, 6) is -1.55. The molecule has 16 nitrogen and oxygen atoms in total. The van der Waals surface area contributed by atoms with E-state index in [1.165, 1.54) is 70.6 Å². The molecule has 0 heterocycles. The zero-order valence-corrected chi connectivity index (χ0v) is 39.6. The molecule has 1 aliphatic carbocycles. The van der Waals surface area contributed by atoms with Gasteiger partial charge in [-0.1, -0.05) is 154 Å². The molecule has 0 spiro atoms. The smallest absolute Gasteiger partial charge is 0.462 e. The number of hydrogen-bond donors (Lipinski definition) is 7. The Bertz CT molecular complexity index is 1270. The molecule has 1 unspecified atom stereocenters. The molecule has 0 aromatic heterocycles. The van der Waals surface area contributed by atoms with Gasteiger partial charge in [-0.05, 0) is 31.6 Å². The molecule has 7 N–H and O–H groups in total. The van der Waals surface area contributed by atoms with E-state index in [2.05, 4.69) is 22.9 Å². The Morgan fingerprint density at radius 1 is 0.613 bits per heavy atom. The van der Waals surface area contributed by atoms with Crippen LogP contribution in [0.3, 0.4) is 0 Å². The van der Waals surface area contributed by atoms with Gasteiger partial charge in [0.15, 0.2) is 6.10 Å². The summed E-state index contributed by atoms with van der Waals surface area (Å²) in [6.07, 6.45) is 24.0. The number of phosphoric acid groups is 2. The van der Waals surface area contributed by atoms with Crippen LogP contribution < -0.4 is 0 Å². The van der Waals surface area contributed by atoms with E-state index < -0.39 is 84.5 Å². The second kappa shape index (κ2) is 35.9. The Hall–Kier alpha value is -1.26. The summed E-state index contributed by atoms with van der Waals surface area (Å²) < 4.78 is 47.9. The first-order chi connectivity index (χ1) is 29.6. The van der Waals surface area contributed by atoms with E-state index in [0.29, 0.717) is 32.1 Å². The molecular formula is C44H84O16P2. The minimum absolute atomic E-state index is 0.00860. The van der Waals surface area contributed by atoms with Gasteiger partial charge in [0.1, 0.15) is 12.7 Å². The molecule has 1 fully saturated rings. The Labute approximate surface area is 371 Å². The number of phosphoric ester groups is 2. The first kappa shape index (κ1) is 58.8. The number of carbonyl (C=O) groups excluding carboxylic acids is 2. The average Bonchev–Trinajstić information content (AvgIpc) is 3.49. The topological polar surface area (TPSA) is 256 Å². The highest BCUT2D eigenvalue weighted by Gasteiger charge is 2.39. The van der Waals surface area contributed by atoms with Crippen LogP contribution in [0.2, 0.25) is 0 Å². The number of hydrogen-bond acceptors (Lipinski definition) is 13. The summed E-state index contributed by atoms with van der Waals surface area (Å²) in [5.41, 5.74) is 0. The van der Waals surface area contributed by atoms with Crippen LogP contribution in [0.5, 0.6) is 0 Å². The number of aliphatic hydroxyl groups is 4. The highest BCUT2D eigenvalue weighted by Crippen LogP contribution is 2.44. The molecule has 1 saturated carbocycles. The minimum Gasteiger partial charge on any atom is -0.462 e. The summed E-state index contributed by atoms with van der Waals surface area (Å²) in [5, 5.41) is 41.2. The molecule has 8 atom stereocenters. The molecule has 366 valence electrons. The molecule has 0 saturated heterocycles. The van der Waals surface area contributed by atoms with E-state index in [9.17, 15) is 44.0 Å². The second-order valence-electron chi connectivity index (χ2n) is 17.0. The van der Waals surface area contributed by atoms with Crippen molar-refractivity contribution in [2.24, 2.45) is 11.8 Å². The fraction of sp³-hybridized carbons (Fsp3) is 0.909. The SMILES string of the molecule is CCCCCCCCCCCCCCCCCC(=O)OC[C@H](COP(=O)(O)OC[C@@H](O)COP(=O)(O)O)OC(=O)CCCCCC[C@@H]1[C@@H](/C=C/[C@@H](O)CCCCC)[C@H](O)C[C@@H]1O. The van der Waals surface area contributed by atoms with Crippen LogP contribution in [0.15, 0.2) is 12.2 Å². The Kier molecular flexibility index (Phi) is 34.1. The van der Waals surface area contributed by atoms with Gasteiger partial charge in [0.25, 0.3) is 0 Å². The van der Waals surface area contributed by atoms with Crippen LogP contribution in [0.25, 0.3) is 0 Å². The second-order valence-corrected chi connectivity index (χ2v) is 19.7. The lowest BCUT2D eigenvalue weighted by molar-refractivity contribution is -0.161. The van der Waals surface area contributed by atoms with Crippen molar-refractivity contribution < 1.29 is 76.9 Å². The van der Waals surface area contributed by atoms with Gasteiger partial charge in [-0.25, -0.2) is 9.13 Å². The van der Waals surface area contributed by atoms with Crippen molar-refractivity contribution in [3.05, 3.63) is 12.2 Å². The molecule has 62 heavy (non-hydrogen) atoms. The third-order valence-electron chi connectivity index (χ3n) is 11.2. The highest BCUT2D eigenvalue weighted by molar-refractivity contribution is 7.47. The fourth-order valence-electron chi connectivity index (χ4n) is 7.62. The molecule has 0 aliphatic heterocycles. The Morgan fingerprint density at radius 3 is 1.66 bits per heavy atom. The van der Waals surface area contributed by atoms with Crippen LogP contribution in [0.1, 0.15) is 187 Å². The van der Waals surface area contributed by atoms with E-state index in [4.69, 9.17) is 23.8 Å². The van der Waals surface area contributed by atoms with Gasteiger partial charge >= 0.3 is 27.6 Å². The van der Waals surface area contributed by atoms with Crippen molar-refractivity contribution in [3.8, 4) is 0 Å². The van der Waals surface area contributed by atoms with E-state index in [0.717, 1.165) is 51.4 Å². The first-order valence-corrected chi connectivity index (χ1v) is 26.7. The first-order valence-electron chi connectivity index (χ1n) is 23.6. The quantitative estimate of drug-likeness (QED) is 0.0131. The Morgan fingerprint density at radius 2 is 1.10 bits per heavy atom. The molecule has 0 radical (unpaired) electrons. The summed E-state index contributed by atoms with van der Waals surface area (Å²) in [6.45, 7) is 1.45. The number of esters is 2. The van der Waals surface area contributed by atoms with Crippen molar-refractivity contribution in [1.82, 2.24) is 0 Å². The summed E-state index contributed by atoms with van der Waals surface area (Å²) in [7, 11) is -9.76. The van der Waals surface area contributed by atoms with Gasteiger partial charge in [0.05, 0.1) is 38.1 Å². The fourth-order valence-corrected chi connectivity index (χ4v) is 8.78. The highest BCUT2D eigenvalue weighted by atomic mass is 31.2. The molecule has 0 bridgehead atoms. The normalized spacial score (nSPS) is 20.6. The maximum absolute atomic E-state index is 12.8. The molecule has 0 aromatic rings. The predicted octanol–water partition coefficient (Wildman–Crippen LogP) is 8.50. The van der Waals surface area contributed by atoms with E-state index in [-0.39, 0.29) is 31.1 Å². The predicted molar refractivity (Wildman–Crippen MR) is 237 cm³/mol. The van der Waals surface area contributed by atoms with Crippen molar-refractivity contribution in [3.63, 3.8) is 0 Å². The number of rotatable bonds is 41. The van der Waals surface area contributed by atoms with Crippen LogP contribution in [0, 0.1) is 11.8 Å². The van der Waals surface area contributed by atoms with Crippen LogP contribution in [-0.4, -0.2) is 104 Å². The Balaban J connectivity index is 2.51. The van der Waals surface area contributed by atoms with Gasteiger partial charge in [0.2, 0.25) is 0 Å².